The van der Waals surface area contributed by atoms with E-state index < -0.39 is 21.7 Å². The molecule has 1 aliphatic heterocycles. The molecule has 2 aromatic rings. The van der Waals surface area contributed by atoms with E-state index in [4.69, 9.17) is 4.74 Å². The number of nitrogens with zero attached hydrogens (tertiary/aromatic N) is 1. The Morgan fingerprint density at radius 3 is 2.48 bits per heavy atom. The van der Waals surface area contributed by atoms with E-state index in [1.165, 1.54) is 18.2 Å². The maximum atomic E-state index is 13.8. The first kappa shape index (κ1) is 21.7. The summed E-state index contributed by atoms with van der Waals surface area (Å²) in [5.74, 6) is -1.29. The lowest BCUT2D eigenvalue weighted by molar-refractivity contribution is 0.0588. The van der Waals surface area contributed by atoms with Gasteiger partial charge in [0, 0.05) is 44.1 Å². The molecule has 9 heteroatoms. The van der Waals surface area contributed by atoms with Gasteiger partial charge in [-0.1, -0.05) is 6.07 Å². The number of hydrogen-bond donors (Lipinski definition) is 1. The summed E-state index contributed by atoms with van der Waals surface area (Å²) in [7, 11) is -3.66. The highest BCUT2D eigenvalue weighted by molar-refractivity contribution is 7.89. The molecule has 0 unspecified atom stereocenters. The number of carbonyl (C=O) groups excluding carboxylic acids is 1. The molecule has 0 bridgehead atoms. The summed E-state index contributed by atoms with van der Waals surface area (Å²) in [5.41, 5.74) is 0.304. The summed E-state index contributed by atoms with van der Waals surface area (Å²) in [6, 6.07) is 9.19. The summed E-state index contributed by atoms with van der Waals surface area (Å²) in [4.78, 5) is 14.6. The molecule has 1 saturated heterocycles. The van der Waals surface area contributed by atoms with Gasteiger partial charge in [0.1, 0.15) is 11.9 Å². The van der Waals surface area contributed by atoms with Gasteiger partial charge in [-0.15, -0.1) is 0 Å². The Hall–Kier alpha value is -2.52. The lowest BCUT2D eigenvalue weighted by atomic mass is 10.1. The highest BCUT2D eigenvalue weighted by atomic mass is 32.2. The Labute approximate surface area is 180 Å². The Kier molecular flexibility index (Phi) is 6.24. The standard InChI is InChI=1S/C22H24F2N2O4S/c23-17-6-7-21(20(24)13-17)30-18-8-10-26(11-9-18)22(27)16-2-1-3-19(12-16)31(28,29)25-14-15-4-5-15/h1-3,6-7,12-13,15,18,25H,4-5,8-11,14H2. The number of hydrogen-bond acceptors (Lipinski definition) is 4. The van der Waals surface area contributed by atoms with Crippen molar-refractivity contribution in [3.8, 4) is 5.75 Å². The molecule has 31 heavy (non-hydrogen) atoms. The van der Waals surface area contributed by atoms with Crippen molar-refractivity contribution < 1.29 is 26.7 Å². The second-order valence-electron chi connectivity index (χ2n) is 8.01. The zero-order valence-corrected chi connectivity index (χ0v) is 17.7. The van der Waals surface area contributed by atoms with Crippen LogP contribution < -0.4 is 9.46 Å². The van der Waals surface area contributed by atoms with Gasteiger partial charge in [-0.3, -0.25) is 4.79 Å². The Balaban J connectivity index is 1.36. The number of carbonyl (C=O) groups is 1. The summed E-state index contributed by atoms with van der Waals surface area (Å²) in [5, 5.41) is 0. The predicted octanol–water partition coefficient (Wildman–Crippen LogP) is 3.34. The first-order chi connectivity index (χ1) is 14.8. The van der Waals surface area contributed by atoms with Crippen LogP contribution in [0.3, 0.4) is 0 Å². The number of likely N-dealkylation sites (tertiary alicyclic amines) is 1. The molecule has 1 amide bonds. The van der Waals surface area contributed by atoms with E-state index in [9.17, 15) is 22.0 Å². The Bertz CT molecular complexity index is 1060. The second kappa shape index (κ2) is 8.92. The van der Waals surface area contributed by atoms with Gasteiger partial charge in [-0.2, -0.15) is 0 Å². The number of piperidine rings is 1. The highest BCUT2D eigenvalue weighted by Gasteiger charge is 2.27. The van der Waals surface area contributed by atoms with Crippen LogP contribution in [0.15, 0.2) is 47.4 Å². The maximum absolute atomic E-state index is 13.8. The minimum atomic E-state index is -3.66. The van der Waals surface area contributed by atoms with Gasteiger partial charge in [0.25, 0.3) is 5.91 Å². The van der Waals surface area contributed by atoms with Gasteiger partial charge in [0.05, 0.1) is 4.90 Å². The van der Waals surface area contributed by atoms with Crippen LogP contribution in [0.1, 0.15) is 36.0 Å². The molecule has 2 aromatic carbocycles. The third kappa shape index (κ3) is 5.40. The highest BCUT2D eigenvalue weighted by Crippen LogP contribution is 2.28. The SMILES string of the molecule is O=C(c1cccc(S(=O)(=O)NCC2CC2)c1)N1CCC(Oc2ccc(F)cc2F)CC1. The number of benzene rings is 2. The van der Waals surface area contributed by atoms with Crippen LogP contribution in [0.2, 0.25) is 0 Å². The van der Waals surface area contributed by atoms with E-state index in [0.717, 1.165) is 25.0 Å². The number of rotatable bonds is 7. The van der Waals surface area contributed by atoms with Crippen LogP contribution in [-0.2, 0) is 10.0 Å². The van der Waals surface area contributed by atoms with Crippen LogP contribution >= 0.6 is 0 Å². The van der Waals surface area contributed by atoms with Crippen molar-refractivity contribution in [3.63, 3.8) is 0 Å². The molecule has 1 N–H and O–H groups in total. The zero-order valence-electron chi connectivity index (χ0n) is 16.9. The lowest BCUT2D eigenvalue weighted by Gasteiger charge is -2.32. The van der Waals surface area contributed by atoms with Gasteiger partial charge in [0.15, 0.2) is 11.6 Å². The predicted molar refractivity (Wildman–Crippen MR) is 110 cm³/mol. The first-order valence-electron chi connectivity index (χ1n) is 10.3. The largest absolute Gasteiger partial charge is 0.487 e. The summed E-state index contributed by atoms with van der Waals surface area (Å²) < 4.78 is 60.0. The average Bonchev–Trinajstić information content (AvgIpc) is 3.59. The average molecular weight is 451 g/mol. The van der Waals surface area contributed by atoms with Crippen molar-refractivity contribution in [3.05, 3.63) is 59.7 Å². The van der Waals surface area contributed by atoms with E-state index in [0.29, 0.717) is 44.0 Å². The second-order valence-corrected chi connectivity index (χ2v) is 9.77. The van der Waals surface area contributed by atoms with E-state index in [2.05, 4.69) is 4.72 Å². The molecule has 0 atom stereocenters. The topological polar surface area (TPSA) is 75.7 Å². The molecule has 1 aliphatic carbocycles. The molecular formula is C22H24F2N2O4S. The van der Waals surface area contributed by atoms with E-state index >= 15 is 0 Å². The van der Waals surface area contributed by atoms with E-state index in [-0.39, 0.29) is 22.7 Å². The monoisotopic (exact) mass is 450 g/mol. The molecule has 2 aliphatic rings. The van der Waals surface area contributed by atoms with Gasteiger partial charge >= 0.3 is 0 Å². The van der Waals surface area contributed by atoms with E-state index in [1.54, 1.807) is 17.0 Å². The molecule has 0 radical (unpaired) electrons. The van der Waals surface area contributed by atoms with Gasteiger partial charge < -0.3 is 9.64 Å². The zero-order chi connectivity index (χ0) is 22.0. The van der Waals surface area contributed by atoms with Crippen LogP contribution in [-0.4, -0.2) is 45.0 Å². The Morgan fingerprint density at radius 2 is 1.81 bits per heavy atom. The molecule has 1 heterocycles. The fourth-order valence-corrected chi connectivity index (χ4v) is 4.70. The van der Waals surface area contributed by atoms with Gasteiger partial charge in [0.2, 0.25) is 10.0 Å². The van der Waals surface area contributed by atoms with Gasteiger partial charge in [-0.05, 0) is 49.1 Å². The van der Waals surface area contributed by atoms with Crippen molar-refractivity contribution >= 4 is 15.9 Å². The summed E-state index contributed by atoms with van der Waals surface area (Å²) in [6.07, 6.45) is 2.76. The van der Waals surface area contributed by atoms with Crippen LogP contribution in [0.5, 0.6) is 5.75 Å². The minimum absolute atomic E-state index is 0.0113. The molecule has 2 fully saturated rings. The quantitative estimate of drug-likeness (QED) is 0.702. The summed E-state index contributed by atoms with van der Waals surface area (Å²) in [6.45, 7) is 1.20. The number of halogens is 2. The molecule has 6 nitrogen and oxygen atoms in total. The minimum Gasteiger partial charge on any atom is -0.487 e. The van der Waals surface area contributed by atoms with E-state index in [1.807, 2.05) is 0 Å². The first-order valence-corrected chi connectivity index (χ1v) is 11.8. The third-order valence-corrected chi connectivity index (χ3v) is 6.99. The normalized spacial score (nSPS) is 17.5. The molecule has 166 valence electrons. The smallest absolute Gasteiger partial charge is 0.253 e. The van der Waals surface area contributed by atoms with Crippen molar-refractivity contribution in [1.29, 1.82) is 0 Å². The Morgan fingerprint density at radius 1 is 1.06 bits per heavy atom. The van der Waals surface area contributed by atoms with Gasteiger partial charge in [-0.25, -0.2) is 21.9 Å². The summed E-state index contributed by atoms with van der Waals surface area (Å²) >= 11 is 0. The molecule has 0 spiro atoms. The van der Waals surface area contributed by atoms with Crippen LogP contribution in [0, 0.1) is 17.6 Å². The maximum Gasteiger partial charge on any atom is 0.253 e. The fraction of sp³-hybridized carbons (Fsp3) is 0.409. The fourth-order valence-electron chi connectivity index (χ4n) is 3.54. The lowest BCUT2D eigenvalue weighted by Crippen LogP contribution is -2.42. The molecular weight excluding hydrogens is 426 g/mol. The van der Waals surface area contributed by atoms with Crippen LogP contribution in [0.25, 0.3) is 0 Å². The van der Waals surface area contributed by atoms with Crippen molar-refractivity contribution in [2.75, 3.05) is 19.6 Å². The number of amides is 1. The van der Waals surface area contributed by atoms with Crippen LogP contribution in [0.4, 0.5) is 8.78 Å². The number of nitrogens with one attached hydrogen (secondary N) is 1. The molecule has 1 saturated carbocycles. The van der Waals surface area contributed by atoms with Crippen molar-refractivity contribution in [2.24, 2.45) is 5.92 Å². The number of sulfonamides is 1. The molecule has 4 rings (SSSR count). The molecule has 0 aromatic heterocycles. The van der Waals surface area contributed by atoms with Crippen molar-refractivity contribution in [2.45, 2.75) is 36.7 Å². The van der Waals surface area contributed by atoms with Crippen molar-refractivity contribution in [1.82, 2.24) is 9.62 Å². The number of ether oxygens (including phenoxy) is 1. The third-order valence-electron chi connectivity index (χ3n) is 5.57.